The van der Waals surface area contributed by atoms with Gasteiger partial charge in [0.05, 0.1) is 23.0 Å². The molecule has 0 bridgehead atoms. The number of halogens is 1. The van der Waals surface area contributed by atoms with E-state index in [0.717, 1.165) is 55.1 Å². The summed E-state index contributed by atoms with van der Waals surface area (Å²) < 4.78 is 16.5. The van der Waals surface area contributed by atoms with Crippen molar-refractivity contribution in [1.29, 1.82) is 0 Å². The predicted octanol–water partition coefficient (Wildman–Crippen LogP) is 5.08. The van der Waals surface area contributed by atoms with Crippen LogP contribution in [0.2, 0.25) is 5.02 Å². The fraction of sp³-hybridized carbons (Fsp3) is 0.552. The zero-order valence-electron chi connectivity index (χ0n) is 23.7. The lowest BCUT2D eigenvalue weighted by Gasteiger charge is -2.35. The van der Waals surface area contributed by atoms with Crippen LogP contribution in [-0.4, -0.2) is 80.5 Å². The van der Waals surface area contributed by atoms with Gasteiger partial charge in [-0.25, -0.2) is 13.7 Å². The van der Waals surface area contributed by atoms with Crippen LogP contribution < -0.4 is 9.62 Å². The number of likely N-dealkylation sites (tertiary alicyclic amines) is 2. The molecule has 6 rings (SSSR count). The Bertz CT molecular complexity index is 1370. The topological polar surface area (TPSA) is 86.1 Å². The Kier molecular flexibility index (Phi) is 9.27. The van der Waals surface area contributed by atoms with Crippen LogP contribution in [0.4, 0.5) is 11.5 Å². The van der Waals surface area contributed by atoms with E-state index in [2.05, 4.69) is 28.5 Å². The fourth-order valence-electron chi connectivity index (χ4n) is 5.88. The van der Waals surface area contributed by atoms with Crippen molar-refractivity contribution in [2.75, 3.05) is 55.6 Å². The minimum Gasteiger partial charge on any atom is -0.356 e. The number of carbonyl (C=O) groups excluding carboxylic acids is 1. The molecular formula is C29H40ClN7O2S. The lowest BCUT2D eigenvalue weighted by atomic mass is 9.98. The summed E-state index contributed by atoms with van der Waals surface area (Å²) in [7, 11) is 0.866. The number of nitrogens with one attached hydrogen (secondary N) is 1. The Morgan fingerprint density at radius 3 is 2.40 bits per heavy atom. The maximum atomic E-state index is 13.7. The molecule has 9 nitrogen and oxygen atoms in total. The number of fused-ring (bicyclic) bond motifs is 1. The standard InChI is InChI=1S/C24H29ClN6O2S.C5H11N/c1-16-15-31-22(26-23(16)29-10-5-6-11-29)14-20(27-31)21-7-3-4-12-30(21)24(32)18-13-17(25)8-9-19(18)28-34(2)33;1-6-4-2-3-5-6/h8-9,13-15,21,28H,3-7,10-12H2,1-2H3;2-5H2,1H3. The van der Waals surface area contributed by atoms with Gasteiger partial charge in [-0.05, 0) is 90.2 Å². The van der Waals surface area contributed by atoms with Crippen molar-refractivity contribution < 1.29 is 9.00 Å². The van der Waals surface area contributed by atoms with E-state index in [1.54, 1.807) is 18.2 Å². The van der Waals surface area contributed by atoms with Gasteiger partial charge in [-0.2, -0.15) is 5.10 Å². The van der Waals surface area contributed by atoms with Gasteiger partial charge in [-0.1, -0.05) is 11.6 Å². The van der Waals surface area contributed by atoms with E-state index in [4.69, 9.17) is 21.7 Å². The van der Waals surface area contributed by atoms with Crippen LogP contribution >= 0.6 is 11.6 Å². The van der Waals surface area contributed by atoms with Crippen molar-refractivity contribution in [2.24, 2.45) is 0 Å². The summed E-state index contributed by atoms with van der Waals surface area (Å²) in [6, 6.07) is 6.88. The predicted molar refractivity (Wildman–Crippen MR) is 163 cm³/mol. The first-order valence-corrected chi connectivity index (χ1v) is 16.2. The molecule has 0 spiro atoms. The molecule has 2 aromatic heterocycles. The lowest BCUT2D eigenvalue weighted by molar-refractivity contribution is 0.0607. The van der Waals surface area contributed by atoms with Crippen LogP contribution in [0.15, 0.2) is 30.5 Å². The molecule has 216 valence electrons. The van der Waals surface area contributed by atoms with Crippen LogP contribution in [0, 0.1) is 6.92 Å². The molecule has 2 unspecified atom stereocenters. The van der Waals surface area contributed by atoms with Gasteiger partial charge in [0.15, 0.2) is 5.65 Å². The highest BCUT2D eigenvalue weighted by Gasteiger charge is 2.32. The van der Waals surface area contributed by atoms with Crippen molar-refractivity contribution in [3.63, 3.8) is 0 Å². The van der Waals surface area contributed by atoms with Crippen molar-refractivity contribution in [2.45, 2.75) is 57.9 Å². The first kappa shape index (κ1) is 28.8. The van der Waals surface area contributed by atoms with E-state index in [-0.39, 0.29) is 11.9 Å². The molecule has 0 aliphatic carbocycles. The lowest BCUT2D eigenvalue weighted by Crippen LogP contribution is -2.39. The van der Waals surface area contributed by atoms with Gasteiger partial charge < -0.3 is 19.4 Å². The zero-order valence-corrected chi connectivity index (χ0v) is 25.3. The van der Waals surface area contributed by atoms with Crippen LogP contribution in [0.5, 0.6) is 0 Å². The SMILES string of the molecule is CN1CCCC1.Cc1cn2nc(C3CCCCN3C(=O)c3cc(Cl)ccc3NS(C)=O)cc2nc1N1CCCC1. The largest absolute Gasteiger partial charge is 0.356 e. The van der Waals surface area contributed by atoms with Crippen molar-refractivity contribution in [3.05, 3.63) is 52.3 Å². The highest BCUT2D eigenvalue weighted by molar-refractivity contribution is 7.85. The first-order valence-electron chi connectivity index (χ1n) is 14.3. The molecule has 2 atom stereocenters. The molecular weight excluding hydrogens is 546 g/mol. The number of carbonyl (C=O) groups is 1. The number of amides is 1. The molecule has 0 saturated carbocycles. The second-order valence-corrected chi connectivity index (χ2v) is 12.6. The second-order valence-electron chi connectivity index (χ2n) is 11.1. The van der Waals surface area contributed by atoms with Gasteiger partial charge in [-0.15, -0.1) is 0 Å². The van der Waals surface area contributed by atoms with Gasteiger partial charge in [0.2, 0.25) is 0 Å². The highest BCUT2D eigenvalue weighted by atomic mass is 35.5. The van der Waals surface area contributed by atoms with E-state index in [0.29, 0.717) is 22.8 Å². The number of nitrogens with zero attached hydrogens (tertiary/aromatic N) is 6. The van der Waals surface area contributed by atoms with Crippen molar-refractivity contribution in [1.82, 2.24) is 24.4 Å². The monoisotopic (exact) mass is 585 g/mol. The quantitative estimate of drug-likeness (QED) is 0.450. The summed E-state index contributed by atoms with van der Waals surface area (Å²) in [5.41, 5.74) is 3.68. The Hall–Kier alpha value is -2.69. The van der Waals surface area contributed by atoms with Gasteiger partial charge in [-0.3, -0.25) is 4.79 Å². The maximum absolute atomic E-state index is 13.7. The average Bonchev–Trinajstić information content (AvgIpc) is 3.71. The molecule has 3 aromatic rings. The number of aryl methyl sites for hydroxylation is 1. The Morgan fingerprint density at radius 1 is 1.02 bits per heavy atom. The third-order valence-corrected chi connectivity index (χ3v) is 8.67. The Morgan fingerprint density at radius 2 is 1.73 bits per heavy atom. The molecule has 0 radical (unpaired) electrons. The minimum absolute atomic E-state index is 0.140. The zero-order chi connectivity index (χ0) is 28.2. The van der Waals surface area contributed by atoms with Gasteiger partial charge >= 0.3 is 0 Å². The number of benzene rings is 1. The number of hydrogen-bond acceptors (Lipinski definition) is 6. The van der Waals surface area contributed by atoms with Crippen LogP contribution in [0.25, 0.3) is 5.65 Å². The highest BCUT2D eigenvalue weighted by Crippen LogP contribution is 2.34. The van der Waals surface area contributed by atoms with Crippen molar-refractivity contribution in [3.8, 4) is 0 Å². The van der Waals surface area contributed by atoms with E-state index in [9.17, 15) is 9.00 Å². The number of anilines is 2. The molecule has 3 aliphatic rings. The molecule has 40 heavy (non-hydrogen) atoms. The summed E-state index contributed by atoms with van der Waals surface area (Å²) in [6.07, 6.45) is 11.6. The number of aromatic nitrogens is 3. The summed E-state index contributed by atoms with van der Waals surface area (Å²) in [4.78, 5) is 25.2. The molecule has 5 heterocycles. The van der Waals surface area contributed by atoms with E-state index < -0.39 is 11.0 Å². The molecule has 1 aromatic carbocycles. The second kappa shape index (κ2) is 12.9. The first-order chi connectivity index (χ1) is 19.3. The smallest absolute Gasteiger partial charge is 0.256 e. The number of piperidine rings is 1. The summed E-state index contributed by atoms with van der Waals surface area (Å²) >= 11 is 6.22. The van der Waals surface area contributed by atoms with Gasteiger partial charge in [0.25, 0.3) is 5.91 Å². The molecule has 3 saturated heterocycles. The summed E-state index contributed by atoms with van der Waals surface area (Å²) in [5.74, 6) is 0.884. The van der Waals surface area contributed by atoms with Crippen LogP contribution in [0.1, 0.15) is 72.6 Å². The Labute approximate surface area is 244 Å². The van der Waals surface area contributed by atoms with E-state index >= 15 is 0 Å². The third kappa shape index (κ3) is 6.61. The fourth-order valence-corrected chi connectivity index (χ4v) is 6.54. The van der Waals surface area contributed by atoms with Crippen LogP contribution in [0.3, 0.4) is 0 Å². The molecule has 3 aliphatic heterocycles. The average molecular weight is 586 g/mol. The van der Waals surface area contributed by atoms with Gasteiger partial charge in [0, 0.05) is 48.7 Å². The van der Waals surface area contributed by atoms with E-state index in [1.165, 1.54) is 45.0 Å². The van der Waals surface area contributed by atoms with Crippen molar-refractivity contribution >= 4 is 45.6 Å². The van der Waals surface area contributed by atoms with Crippen LogP contribution in [-0.2, 0) is 11.0 Å². The third-order valence-electron chi connectivity index (χ3n) is 7.93. The number of rotatable bonds is 5. The number of hydrogen-bond donors (Lipinski definition) is 1. The van der Waals surface area contributed by atoms with E-state index in [1.807, 2.05) is 21.7 Å². The molecule has 1 amide bonds. The normalized spacial score (nSPS) is 20.4. The van der Waals surface area contributed by atoms with Gasteiger partial charge in [0.1, 0.15) is 16.8 Å². The summed E-state index contributed by atoms with van der Waals surface area (Å²) in [5, 5.41) is 5.30. The Balaban J connectivity index is 0.000000477. The minimum atomic E-state index is -1.31. The molecule has 11 heteroatoms. The molecule has 1 N–H and O–H groups in total. The molecule has 3 fully saturated rings. The summed E-state index contributed by atoms with van der Waals surface area (Å²) in [6.45, 7) is 7.41. The maximum Gasteiger partial charge on any atom is 0.256 e.